The minimum atomic E-state index is -0.130. The number of Topliss-reactive ketones (excluding diaryl/α,β-unsaturated/α-hetero) is 3. The van der Waals surface area contributed by atoms with Crippen molar-refractivity contribution in [1.29, 1.82) is 0 Å². The highest BCUT2D eigenvalue weighted by atomic mass is 16.5. The zero-order valence-electron chi connectivity index (χ0n) is 71.4. The highest BCUT2D eigenvalue weighted by Crippen LogP contribution is 2.54. The van der Waals surface area contributed by atoms with Crippen LogP contribution in [0.2, 0.25) is 0 Å². The molecule has 20 rings (SSSR count). The Morgan fingerprint density at radius 3 is 0.379 bits per heavy atom. The van der Waals surface area contributed by atoms with E-state index in [0.29, 0.717) is 56.4 Å². The zero-order chi connectivity index (χ0) is 88.9. The van der Waals surface area contributed by atoms with Crippen molar-refractivity contribution in [2.24, 2.45) is 0 Å². The van der Waals surface area contributed by atoms with Crippen LogP contribution in [0.25, 0.3) is 66.9 Å². The van der Waals surface area contributed by atoms with Crippen LogP contribution in [0.3, 0.4) is 0 Å². The van der Waals surface area contributed by atoms with Gasteiger partial charge in [-0.1, -0.05) is 350 Å². The van der Waals surface area contributed by atoms with E-state index in [1.807, 2.05) is 437 Å². The number of benzene rings is 17. The Bertz CT molecular complexity index is 7850. The van der Waals surface area contributed by atoms with Gasteiger partial charge in [0.2, 0.25) is 0 Å². The second-order valence-electron chi connectivity index (χ2n) is 31.9. The maximum Gasteiger partial charge on any atom is 0.195 e. The molecule has 0 saturated heterocycles. The van der Waals surface area contributed by atoms with Crippen LogP contribution in [-0.4, -0.2) is 17.3 Å². The van der Waals surface area contributed by atoms with E-state index in [4.69, 9.17) is 9.47 Å². The molecule has 5 heteroatoms. The molecular formula is C127H76O5. The van der Waals surface area contributed by atoms with E-state index in [0.717, 1.165) is 156 Å². The SMILES string of the molecule is O=C1C(c2ccc(C#Cc3ccccc3)cc2)=C(c2ccc(C#Cc3ccccc3)cc2)C(c2ccc(Oc3ccc(C4=C(c5ccccc5)C(=O)C(c5ccc(C#Cc6ccccc6)cc5)=C4c4ccc(Oc5ccc(C6=C(c7ccccc7)C(=O)C(c7ccc(C#Cc8ccccc8)cc7)=C6c6ccc(C#Cc7ccccc7)cc6)cc5)cc4)cc3)cc2)=C1c1ccccc1. The number of carbonyl (C=O) groups is 3. The molecule has 132 heavy (non-hydrogen) atoms. The van der Waals surface area contributed by atoms with E-state index in [2.05, 4.69) is 83.5 Å². The van der Waals surface area contributed by atoms with Gasteiger partial charge in [-0.25, -0.2) is 0 Å². The summed E-state index contributed by atoms with van der Waals surface area (Å²) >= 11 is 0. The van der Waals surface area contributed by atoms with Gasteiger partial charge < -0.3 is 9.47 Å². The molecule has 3 aliphatic rings. The summed E-state index contributed by atoms with van der Waals surface area (Å²) in [5, 5.41) is 0. The molecule has 0 aromatic heterocycles. The topological polar surface area (TPSA) is 69.7 Å². The normalized spacial score (nSPS) is 12.7. The molecule has 17 aromatic rings. The van der Waals surface area contributed by atoms with Crippen LogP contribution in [0.4, 0.5) is 0 Å². The lowest BCUT2D eigenvalue weighted by Crippen LogP contribution is -2.02. The Morgan fingerprint density at radius 2 is 0.227 bits per heavy atom. The van der Waals surface area contributed by atoms with Crippen LogP contribution in [0, 0.1) is 59.2 Å². The van der Waals surface area contributed by atoms with Crippen molar-refractivity contribution in [2.75, 3.05) is 0 Å². The molecular weight excluding hydrogens is 1610 g/mol. The lowest BCUT2D eigenvalue weighted by molar-refractivity contribution is -0.109. The van der Waals surface area contributed by atoms with E-state index in [1.165, 1.54) is 0 Å². The quantitative estimate of drug-likeness (QED) is 0.0902. The third-order valence-corrected chi connectivity index (χ3v) is 23.3. The molecule has 5 nitrogen and oxygen atoms in total. The number of ketones is 3. The monoisotopic (exact) mass is 1680 g/mol. The Balaban J connectivity index is 0.634. The van der Waals surface area contributed by atoms with Crippen LogP contribution in [0.15, 0.2) is 461 Å². The van der Waals surface area contributed by atoms with Crippen molar-refractivity contribution >= 4 is 84.2 Å². The predicted molar refractivity (Wildman–Crippen MR) is 535 cm³/mol. The summed E-state index contributed by atoms with van der Waals surface area (Å²) in [4.78, 5) is 47.4. The fourth-order valence-electron chi connectivity index (χ4n) is 17.0. The van der Waals surface area contributed by atoms with E-state index >= 15 is 14.4 Å². The number of hydrogen-bond acceptors (Lipinski definition) is 5. The van der Waals surface area contributed by atoms with E-state index in [-0.39, 0.29) is 17.3 Å². The molecule has 0 radical (unpaired) electrons. The molecule has 614 valence electrons. The second-order valence-corrected chi connectivity index (χ2v) is 31.9. The molecule has 0 atom stereocenters. The first-order valence-electron chi connectivity index (χ1n) is 43.6. The van der Waals surface area contributed by atoms with Crippen LogP contribution in [0.1, 0.15) is 122 Å². The highest BCUT2D eigenvalue weighted by Gasteiger charge is 2.39. The molecule has 3 aliphatic carbocycles. The molecule has 0 heterocycles. The molecule has 0 bridgehead atoms. The van der Waals surface area contributed by atoms with E-state index < -0.39 is 0 Å². The molecule has 0 unspecified atom stereocenters. The van der Waals surface area contributed by atoms with Crippen molar-refractivity contribution in [1.82, 2.24) is 0 Å². The molecule has 0 spiro atoms. The zero-order valence-corrected chi connectivity index (χ0v) is 71.4. The van der Waals surface area contributed by atoms with Crippen LogP contribution in [-0.2, 0) is 14.4 Å². The minimum Gasteiger partial charge on any atom is -0.457 e. The van der Waals surface area contributed by atoms with Crippen molar-refractivity contribution in [3.05, 3.63) is 583 Å². The van der Waals surface area contributed by atoms with Gasteiger partial charge >= 0.3 is 0 Å². The van der Waals surface area contributed by atoms with Crippen LogP contribution >= 0.6 is 0 Å². The van der Waals surface area contributed by atoms with Gasteiger partial charge in [-0.05, 0) is 237 Å². The number of ether oxygens (including phenoxy) is 2. The van der Waals surface area contributed by atoms with Gasteiger partial charge in [0.25, 0.3) is 0 Å². The first kappa shape index (κ1) is 81.9. The van der Waals surface area contributed by atoms with Crippen molar-refractivity contribution in [3.8, 4) is 82.2 Å². The molecule has 0 fully saturated rings. The maximum atomic E-state index is 16.0. The number of allylic oxidation sites excluding steroid dienone is 12. The molecule has 0 amide bonds. The van der Waals surface area contributed by atoms with Gasteiger partial charge in [0, 0.05) is 123 Å². The predicted octanol–water partition coefficient (Wildman–Crippen LogP) is 27.6. The Hall–Kier alpha value is -18.4. The van der Waals surface area contributed by atoms with Crippen molar-refractivity contribution < 1.29 is 23.9 Å². The van der Waals surface area contributed by atoms with Crippen LogP contribution in [0.5, 0.6) is 23.0 Å². The second kappa shape index (κ2) is 37.8. The summed E-state index contributed by atoms with van der Waals surface area (Å²) in [7, 11) is 0. The van der Waals surface area contributed by atoms with Gasteiger partial charge in [-0.15, -0.1) is 0 Å². The average molecular weight is 1680 g/mol. The summed E-state index contributed by atoms with van der Waals surface area (Å²) in [6, 6.07) is 151. The smallest absolute Gasteiger partial charge is 0.195 e. The van der Waals surface area contributed by atoms with Crippen molar-refractivity contribution in [3.63, 3.8) is 0 Å². The highest BCUT2D eigenvalue weighted by molar-refractivity contribution is 6.61. The summed E-state index contributed by atoms with van der Waals surface area (Å²) in [5.41, 5.74) is 26.3. The molecule has 0 saturated carbocycles. The maximum absolute atomic E-state index is 16.0. The average Bonchev–Trinajstić information content (AvgIpc) is 1.59. The molecule has 0 N–H and O–H groups in total. The number of carbonyl (C=O) groups excluding carboxylic acids is 3. The fraction of sp³-hybridized carbons (Fsp3) is 0. The third kappa shape index (κ3) is 17.8. The van der Waals surface area contributed by atoms with Gasteiger partial charge in [-0.3, -0.25) is 14.4 Å². The number of rotatable bonds is 16. The summed E-state index contributed by atoms with van der Waals surface area (Å²) in [6.45, 7) is 0. The van der Waals surface area contributed by atoms with Gasteiger partial charge in [0.1, 0.15) is 23.0 Å². The first-order chi connectivity index (χ1) is 65.2. The first-order valence-corrected chi connectivity index (χ1v) is 43.6. The van der Waals surface area contributed by atoms with Gasteiger partial charge in [0.15, 0.2) is 17.3 Å². The fourth-order valence-corrected chi connectivity index (χ4v) is 17.0. The Kier molecular flexibility index (Phi) is 23.5. The van der Waals surface area contributed by atoms with Gasteiger partial charge in [-0.2, -0.15) is 0 Å². The Morgan fingerprint density at radius 1 is 0.114 bits per heavy atom. The number of hydrogen-bond donors (Lipinski definition) is 0. The Labute approximate surface area is 768 Å². The molecule has 17 aromatic carbocycles. The van der Waals surface area contributed by atoms with Gasteiger partial charge in [0.05, 0.1) is 0 Å². The molecule has 0 aliphatic heterocycles. The van der Waals surface area contributed by atoms with E-state index in [1.54, 1.807) is 0 Å². The lowest BCUT2D eigenvalue weighted by Gasteiger charge is -2.16. The lowest BCUT2D eigenvalue weighted by atomic mass is 9.88. The standard InChI is InChI=1S/C127H76O5/c128-125-119(97-35-19-6-20-36-97)115(113(100-61-51-92(52-62-100)46-41-87-25-9-1-10-26-87)122(125)106-65-55-94(56-66-106)48-43-89-29-13-3-14-30-89)102-71-79-109(80-72-102)131-111-83-75-104(76-84-111)117-118(124(127(130)121(117)99-39-23-8-24-40-99)108-69-59-96(60-70-108)50-45-91-33-17-5-18-34-91)105-77-85-112(86-78-105)132-110-81-73-103(74-82-110)116-114(101-63-53-93(54-64-101)47-42-88-27-11-2-12-28-88)123(126(129)120(116)98-37-21-7-22-38-98)107-67-57-95(58-68-107)49-44-90-31-15-4-16-32-90/h1-40,51-86H. The summed E-state index contributed by atoms with van der Waals surface area (Å²) in [6.07, 6.45) is 0. The third-order valence-electron chi connectivity index (χ3n) is 23.3. The summed E-state index contributed by atoms with van der Waals surface area (Å²) < 4.78 is 13.6. The largest absolute Gasteiger partial charge is 0.457 e. The van der Waals surface area contributed by atoms with E-state index in [9.17, 15) is 0 Å². The van der Waals surface area contributed by atoms with Crippen molar-refractivity contribution in [2.45, 2.75) is 0 Å². The van der Waals surface area contributed by atoms with Crippen LogP contribution < -0.4 is 9.47 Å². The summed E-state index contributed by atoms with van der Waals surface area (Å²) in [5.74, 6) is 35.1. The minimum absolute atomic E-state index is 0.0939.